The maximum absolute atomic E-state index is 11.4. The average molecular weight is 272 g/mol. The molecule has 0 aromatic rings. The van der Waals surface area contributed by atoms with Gasteiger partial charge in [-0.2, -0.15) is 0 Å². The number of carbonyl (C=O) groups is 2. The van der Waals surface area contributed by atoms with E-state index in [9.17, 15) is 9.59 Å². The molecule has 0 bridgehead atoms. The molecule has 1 aliphatic rings. The van der Waals surface area contributed by atoms with Gasteiger partial charge >= 0.3 is 11.9 Å². The third-order valence-electron chi connectivity index (χ3n) is 3.45. The zero-order valence-corrected chi connectivity index (χ0v) is 11.7. The Bertz CT molecular complexity index is 309. The van der Waals surface area contributed by atoms with E-state index in [4.69, 9.17) is 9.84 Å². The van der Waals surface area contributed by atoms with Crippen molar-refractivity contribution < 1.29 is 19.4 Å². The standard InChI is InChI=1S/C13H24N2O4/c1-10(13(18)19-2)8-15-5-3-4-11(9-15)6-14-7-12(16)17/h10-11,14H,3-9H2,1-2H3,(H,16,17). The van der Waals surface area contributed by atoms with Gasteiger partial charge in [0.1, 0.15) is 0 Å². The van der Waals surface area contributed by atoms with Crippen LogP contribution in [0.15, 0.2) is 0 Å². The fourth-order valence-electron chi connectivity index (χ4n) is 2.53. The first-order valence-electron chi connectivity index (χ1n) is 6.75. The smallest absolute Gasteiger partial charge is 0.317 e. The third-order valence-corrected chi connectivity index (χ3v) is 3.45. The van der Waals surface area contributed by atoms with Crippen LogP contribution in [0.2, 0.25) is 0 Å². The van der Waals surface area contributed by atoms with E-state index >= 15 is 0 Å². The molecule has 1 saturated heterocycles. The Morgan fingerprint density at radius 2 is 2.26 bits per heavy atom. The van der Waals surface area contributed by atoms with Crippen LogP contribution in [0.4, 0.5) is 0 Å². The Balaban J connectivity index is 2.29. The fraction of sp³-hybridized carbons (Fsp3) is 0.846. The van der Waals surface area contributed by atoms with Crippen molar-refractivity contribution in [1.29, 1.82) is 0 Å². The third kappa shape index (κ3) is 6.02. The second-order valence-electron chi connectivity index (χ2n) is 5.22. The minimum atomic E-state index is -0.827. The molecule has 2 atom stereocenters. The van der Waals surface area contributed by atoms with Crippen molar-refractivity contribution in [3.8, 4) is 0 Å². The summed E-state index contributed by atoms with van der Waals surface area (Å²) in [6.45, 7) is 5.22. The number of hydrogen-bond acceptors (Lipinski definition) is 5. The topological polar surface area (TPSA) is 78.9 Å². The van der Waals surface area contributed by atoms with Crippen LogP contribution < -0.4 is 5.32 Å². The number of methoxy groups -OCH3 is 1. The second kappa shape index (κ2) is 8.12. The summed E-state index contributed by atoms with van der Waals surface area (Å²) in [5.74, 6) is -0.660. The first-order valence-corrected chi connectivity index (χ1v) is 6.75. The number of piperidine rings is 1. The number of carboxylic acid groups (broad SMARTS) is 1. The predicted molar refractivity (Wildman–Crippen MR) is 70.8 cm³/mol. The van der Waals surface area contributed by atoms with Gasteiger partial charge in [-0.15, -0.1) is 0 Å². The molecule has 6 heteroatoms. The molecule has 0 aliphatic carbocycles. The lowest BCUT2D eigenvalue weighted by Gasteiger charge is -2.33. The molecule has 1 rings (SSSR count). The first-order chi connectivity index (χ1) is 9.02. The Morgan fingerprint density at radius 3 is 2.89 bits per heavy atom. The van der Waals surface area contributed by atoms with Gasteiger partial charge < -0.3 is 20.1 Å². The summed E-state index contributed by atoms with van der Waals surface area (Å²) in [4.78, 5) is 24.1. The molecular formula is C13H24N2O4. The van der Waals surface area contributed by atoms with Crippen LogP contribution in [0.5, 0.6) is 0 Å². The van der Waals surface area contributed by atoms with Gasteiger partial charge in [0.05, 0.1) is 19.6 Å². The van der Waals surface area contributed by atoms with Gasteiger partial charge in [-0.05, 0) is 31.8 Å². The van der Waals surface area contributed by atoms with E-state index in [-0.39, 0.29) is 18.4 Å². The van der Waals surface area contributed by atoms with Gasteiger partial charge in [0.25, 0.3) is 0 Å². The van der Waals surface area contributed by atoms with Crippen molar-refractivity contribution in [1.82, 2.24) is 10.2 Å². The second-order valence-corrected chi connectivity index (χ2v) is 5.22. The van der Waals surface area contributed by atoms with E-state index < -0.39 is 5.97 Å². The zero-order chi connectivity index (χ0) is 14.3. The van der Waals surface area contributed by atoms with Gasteiger partial charge in [-0.1, -0.05) is 6.92 Å². The molecule has 0 aromatic heterocycles. The van der Waals surface area contributed by atoms with Crippen LogP contribution in [0.3, 0.4) is 0 Å². The summed E-state index contributed by atoms with van der Waals surface area (Å²) < 4.78 is 4.73. The molecule has 1 aliphatic heterocycles. The average Bonchev–Trinajstić information content (AvgIpc) is 2.37. The van der Waals surface area contributed by atoms with Crippen molar-refractivity contribution in [2.45, 2.75) is 19.8 Å². The molecule has 19 heavy (non-hydrogen) atoms. The number of nitrogens with one attached hydrogen (secondary N) is 1. The van der Waals surface area contributed by atoms with Crippen LogP contribution in [-0.2, 0) is 14.3 Å². The molecule has 0 radical (unpaired) electrons. The number of carbonyl (C=O) groups excluding carboxylic acids is 1. The monoisotopic (exact) mass is 272 g/mol. The quantitative estimate of drug-likeness (QED) is 0.644. The van der Waals surface area contributed by atoms with Gasteiger partial charge in [0.2, 0.25) is 0 Å². The van der Waals surface area contributed by atoms with E-state index in [1.165, 1.54) is 7.11 Å². The van der Waals surface area contributed by atoms with E-state index in [1.54, 1.807) is 0 Å². The lowest BCUT2D eigenvalue weighted by atomic mass is 9.97. The summed E-state index contributed by atoms with van der Waals surface area (Å²) >= 11 is 0. The van der Waals surface area contributed by atoms with Crippen molar-refractivity contribution in [2.24, 2.45) is 11.8 Å². The molecule has 0 spiro atoms. The van der Waals surface area contributed by atoms with E-state index in [2.05, 4.69) is 10.2 Å². The summed E-state index contributed by atoms with van der Waals surface area (Å²) in [5, 5.41) is 11.5. The number of ether oxygens (including phenoxy) is 1. The zero-order valence-electron chi connectivity index (χ0n) is 11.7. The number of likely N-dealkylation sites (tertiary alicyclic amines) is 1. The highest BCUT2D eigenvalue weighted by Gasteiger charge is 2.23. The number of carboxylic acids is 1. The van der Waals surface area contributed by atoms with Gasteiger partial charge in [-0.25, -0.2) is 0 Å². The number of aliphatic carboxylic acids is 1. The fourth-order valence-corrected chi connectivity index (χ4v) is 2.53. The van der Waals surface area contributed by atoms with E-state index in [1.807, 2.05) is 6.92 Å². The Morgan fingerprint density at radius 1 is 1.53 bits per heavy atom. The van der Waals surface area contributed by atoms with E-state index in [0.29, 0.717) is 12.5 Å². The maximum atomic E-state index is 11.4. The number of rotatable bonds is 7. The summed E-state index contributed by atoms with van der Waals surface area (Å²) in [6.07, 6.45) is 2.20. The van der Waals surface area contributed by atoms with Crippen LogP contribution in [0, 0.1) is 11.8 Å². The van der Waals surface area contributed by atoms with Crippen LogP contribution in [-0.4, -0.2) is 61.8 Å². The molecule has 1 heterocycles. The molecular weight excluding hydrogens is 248 g/mol. The largest absolute Gasteiger partial charge is 0.480 e. The molecule has 0 amide bonds. The number of hydrogen-bond donors (Lipinski definition) is 2. The molecule has 110 valence electrons. The summed E-state index contributed by atoms with van der Waals surface area (Å²) in [5.41, 5.74) is 0. The van der Waals surface area contributed by atoms with Crippen molar-refractivity contribution >= 4 is 11.9 Å². The first kappa shape index (κ1) is 15.9. The highest BCUT2D eigenvalue weighted by molar-refractivity contribution is 5.72. The SMILES string of the molecule is COC(=O)C(C)CN1CCCC(CNCC(=O)O)C1. The molecule has 0 saturated carbocycles. The minimum absolute atomic E-state index is 0.00899. The number of nitrogens with zero attached hydrogens (tertiary/aromatic N) is 1. The van der Waals surface area contributed by atoms with Crippen LogP contribution in [0.1, 0.15) is 19.8 Å². The van der Waals surface area contributed by atoms with E-state index in [0.717, 1.165) is 32.5 Å². The summed E-state index contributed by atoms with van der Waals surface area (Å²) in [7, 11) is 1.41. The Kier molecular flexibility index (Phi) is 6.80. The predicted octanol–water partition coefficient (Wildman–Crippen LogP) is 0.182. The molecule has 2 unspecified atom stereocenters. The normalized spacial score (nSPS) is 21.9. The minimum Gasteiger partial charge on any atom is -0.480 e. The summed E-state index contributed by atoms with van der Waals surface area (Å²) in [6, 6.07) is 0. The molecule has 6 nitrogen and oxygen atoms in total. The van der Waals surface area contributed by atoms with Crippen LogP contribution >= 0.6 is 0 Å². The van der Waals surface area contributed by atoms with Gasteiger partial charge in [-0.3, -0.25) is 9.59 Å². The molecule has 2 N–H and O–H groups in total. The molecule has 0 aromatic carbocycles. The van der Waals surface area contributed by atoms with Crippen LogP contribution in [0.25, 0.3) is 0 Å². The lowest BCUT2D eigenvalue weighted by molar-refractivity contribution is -0.145. The Labute approximate surface area is 114 Å². The molecule has 1 fully saturated rings. The maximum Gasteiger partial charge on any atom is 0.317 e. The highest BCUT2D eigenvalue weighted by Crippen LogP contribution is 2.17. The highest BCUT2D eigenvalue weighted by atomic mass is 16.5. The lowest BCUT2D eigenvalue weighted by Crippen LogP contribution is -2.43. The van der Waals surface area contributed by atoms with Gasteiger partial charge in [0, 0.05) is 13.1 Å². The number of esters is 1. The Hall–Kier alpha value is -1.14. The van der Waals surface area contributed by atoms with Crippen molar-refractivity contribution in [2.75, 3.05) is 39.8 Å². The van der Waals surface area contributed by atoms with Crippen molar-refractivity contribution in [3.63, 3.8) is 0 Å². The van der Waals surface area contributed by atoms with Crippen molar-refractivity contribution in [3.05, 3.63) is 0 Å². The van der Waals surface area contributed by atoms with Gasteiger partial charge in [0.15, 0.2) is 0 Å².